The standard InChI is InChI=1S/C11H21N3O2/c1-8(6-11(3,4)15-5)12-7-10-13-9(2)14-16-10/h8,12H,6-7H2,1-5H3. The molecule has 1 unspecified atom stereocenters. The van der Waals surface area contributed by atoms with Crippen LogP contribution in [0.25, 0.3) is 0 Å². The number of aryl methyl sites for hydroxylation is 1. The molecule has 0 radical (unpaired) electrons. The molecule has 5 heteroatoms. The minimum absolute atomic E-state index is 0.114. The van der Waals surface area contributed by atoms with Gasteiger partial charge in [-0.25, -0.2) is 0 Å². The van der Waals surface area contributed by atoms with E-state index >= 15 is 0 Å². The van der Waals surface area contributed by atoms with Crippen LogP contribution in [0.1, 0.15) is 38.9 Å². The summed E-state index contributed by atoms with van der Waals surface area (Å²) in [5, 5.41) is 7.06. The van der Waals surface area contributed by atoms with E-state index in [1.807, 2.05) is 6.92 Å². The van der Waals surface area contributed by atoms with Crippen LogP contribution in [0, 0.1) is 6.92 Å². The molecule has 1 atom stereocenters. The molecule has 0 bridgehead atoms. The largest absolute Gasteiger partial charge is 0.379 e. The van der Waals surface area contributed by atoms with Gasteiger partial charge < -0.3 is 14.6 Å². The van der Waals surface area contributed by atoms with Crippen molar-refractivity contribution in [2.45, 2.75) is 52.3 Å². The van der Waals surface area contributed by atoms with E-state index in [4.69, 9.17) is 9.26 Å². The average Bonchev–Trinajstić information content (AvgIpc) is 2.61. The number of aromatic nitrogens is 2. The smallest absolute Gasteiger partial charge is 0.240 e. The summed E-state index contributed by atoms with van der Waals surface area (Å²) in [4.78, 5) is 4.13. The van der Waals surface area contributed by atoms with Crippen molar-refractivity contribution in [2.24, 2.45) is 0 Å². The number of nitrogens with one attached hydrogen (secondary N) is 1. The molecule has 0 aromatic carbocycles. The third-order valence-electron chi connectivity index (χ3n) is 2.52. The van der Waals surface area contributed by atoms with Gasteiger partial charge in [-0.1, -0.05) is 5.16 Å². The van der Waals surface area contributed by atoms with Crippen molar-refractivity contribution in [2.75, 3.05) is 7.11 Å². The third-order valence-corrected chi connectivity index (χ3v) is 2.52. The molecule has 0 saturated carbocycles. The van der Waals surface area contributed by atoms with Crippen molar-refractivity contribution >= 4 is 0 Å². The molecule has 0 amide bonds. The van der Waals surface area contributed by atoms with Crippen molar-refractivity contribution in [3.63, 3.8) is 0 Å². The molecule has 0 spiro atoms. The van der Waals surface area contributed by atoms with Gasteiger partial charge in [-0.3, -0.25) is 0 Å². The highest BCUT2D eigenvalue weighted by Gasteiger charge is 2.20. The Kier molecular flexibility index (Phi) is 4.44. The van der Waals surface area contributed by atoms with Crippen LogP contribution in [-0.4, -0.2) is 28.9 Å². The van der Waals surface area contributed by atoms with E-state index in [1.165, 1.54) is 0 Å². The van der Waals surface area contributed by atoms with Crippen molar-refractivity contribution in [1.82, 2.24) is 15.5 Å². The average molecular weight is 227 g/mol. The minimum atomic E-state index is -0.114. The molecule has 92 valence electrons. The Morgan fingerprint density at radius 1 is 1.50 bits per heavy atom. The van der Waals surface area contributed by atoms with Crippen LogP contribution in [-0.2, 0) is 11.3 Å². The molecule has 1 aromatic heterocycles. The van der Waals surface area contributed by atoms with Gasteiger partial charge in [0.15, 0.2) is 5.82 Å². The first-order valence-corrected chi connectivity index (χ1v) is 5.50. The van der Waals surface area contributed by atoms with E-state index in [1.54, 1.807) is 7.11 Å². The fraction of sp³-hybridized carbons (Fsp3) is 0.818. The monoisotopic (exact) mass is 227 g/mol. The van der Waals surface area contributed by atoms with E-state index in [0.717, 1.165) is 6.42 Å². The first-order chi connectivity index (χ1) is 7.43. The molecule has 16 heavy (non-hydrogen) atoms. The molecular weight excluding hydrogens is 206 g/mol. The second-order valence-corrected chi connectivity index (χ2v) is 4.69. The second kappa shape index (κ2) is 5.41. The summed E-state index contributed by atoms with van der Waals surface area (Å²) >= 11 is 0. The number of methoxy groups -OCH3 is 1. The van der Waals surface area contributed by atoms with Gasteiger partial charge in [0.05, 0.1) is 12.1 Å². The van der Waals surface area contributed by atoms with Crippen LogP contribution in [0.15, 0.2) is 4.52 Å². The van der Waals surface area contributed by atoms with Crippen LogP contribution in [0.5, 0.6) is 0 Å². The number of ether oxygens (including phenoxy) is 1. The quantitative estimate of drug-likeness (QED) is 0.801. The number of rotatable bonds is 6. The lowest BCUT2D eigenvalue weighted by Gasteiger charge is -2.26. The molecule has 0 aliphatic carbocycles. The van der Waals surface area contributed by atoms with E-state index < -0.39 is 0 Å². The summed E-state index contributed by atoms with van der Waals surface area (Å²) in [6, 6.07) is 0.335. The maximum atomic E-state index is 5.37. The van der Waals surface area contributed by atoms with Gasteiger partial charge in [0.25, 0.3) is 0 Å². The Labute approximate surface area is 96.6 Å². The first-order valence-electron chi connectivity index (χ1n) is 5.50. The predicted molar refractivity (Wildman–Crippen MR) is 61.0 cm³/mol. The van der Waals surface area contributed by atoms with Gasteiger partial charge in [-0.2, -0.15) is 4.98 Å². The molecule has 1 rings (SSSR count). The summed E-state index contributed by atoms with van der Waals surface area (Å²) in [5.41, 5.74) is -0.114. The van der Waals surface area contributed by atoms with Crippen LogP contribution in [0.2, 0.25) is 0 Å². The summed E-state index contributed by atoms with van der Waals surface area (Å²) in [7, 11) is 1.73. The number of nitrogens with zero attached hydrogens (tertiary/aromatic N) is 2. The lowest BCUT2D eigenvalue weighted by Crippen LogP contribution is -2.35. The Bertz CT molecular complexity index is 323. The van der Waals surface area contributed by atoms with E-state index in [0.29, 0.717) is 24.3 Å². The van der Waals surface area contributed by atoms with Gasteiger partial charge in [0.1, 0.15) is 0 Å². The number of hydrogen-bond acceptors (Lipinski definition) is 5. The van der Waals surface area contributed by atoms with Crippen molar-refractivity contribution in [1.29, 1.82) is 0 Å². The molecule has 0 aliphatic rings. The van der Waals surface area contributed by atoms with Crippen molar-refractivity contribution in [3.8, 4) is 0 Å². The molecular formula is C11H21N3O2. The van der Waals surface area contributed by atoms with Gasteiger partial charge in [-0.05, 0) is 34.1 Å². The van der Waals surface area contributed by atoms with Crippen LogP contribution < -0.4 is 5.32 Å². The van der Waals surface area contributed by atoms with E-state index in [-0.39, 0.29) is 5.60 Å². The van der Waals surface area contributed by atoms with Crippen molar-refractivity contribution < 1.29 is 9.26 Å². The Balaban J connectivity index is 2.33. The van der Waals surface area contributed by atoms with E-state index in [9.17, 15) is 0 Å². The van der Waals surface area contributed by atoms with E-state index in [2.05, 4.69) is 36.2 Å². The highest BCUT2D eigenvalue weighted by Crippen LogP contribution is 2.15. The Hall–Kier alpha value is -0.940. The molecule has 0 fully saturated rings. The highest BCUT2D eigenvalue weighted by molar-refractivity contribution is 4.83. The van der Waals surface area contributed by atoms with Crippen LogP contribution >= 0.6 is 0 Å². The molecule has 5 nitrogen and oxygen atoms in total. The van der Waals surface area contributed by atoms with Crippen LogP contribution in [0.3, 0.4) is 0 Å². The fourth-order valence-electron chi connectivity index (χ4n) is 1.57. The van der Waals surface area contributed by atoms with Gasteiger partial charge in [-0.15, -0.1) is 0 Å². The molecule has 0 saturated heterocycles. The molecule has 1 N–H and O–H groups in total. The van der Waals surface area contributed by atoms with Gasteiger partial charge >= 0.3 is 0 Å². The van der Waals surface area contributed by atoms with Crippen LogP contribution in [0.4, 0.5) is 0 Å². The zero-order valence-corrected chi connectivity index (χ0v) is 10.7. The Morgan fingerprint density at radius 2 is 2.19 bits per heavy atom. The summed E-state index contributed by atoms with van der Waals surface area (Å²) in [5.74, 6) is 1.29. The lowest BCUT2D eigenvalue weighted by molar-refractivity contribution is 0.00825. The maximum Gasteiger partial charge on any atom is 0.240 e. The first kappa shape index (κ1) is 13.1. The molecule has 1 heterocycles. The van der Waals surface area contributed by atoms with Gasteiger partial charge in [0, 0.05) is 13.2 Å². The van der Waals surface area contributed by atoms with Crippen molar-refractivity contribution in [3.05, 3.63) is 11.7 Å². The lowest BCUT2D eigenvalue weighted by atomic mass is 10.00. The zero-order chi connectivity index (χ0) is 12.2. The van der Waals surface area contributed by atoms with Gasteiger partial charge in [0.2, 0.25) is 5.89 Å². The molecule has 0 aliphatic heterocycles. The SMILES string of the molecule is COC(C)(C)CC(C)NCc1nc(C)no1. The predicted octanol–water partition coefficient (Wildman–Crippen LogP) is 1.67. The topological polar surface area (TPSA) is 60.2 Å². The summed E-state index contributed by atoms with van der Waals surface area (Å²) < 4.78 is 10.4. The fourth-order valence-corrected chi connectivity index (χ4v) is 1.57. The summed E-state index contributed by atoms with van der Waals surface area (Å²) in [6.45, 7) is 8.67. The summed E-state index contributed by atoms with van der Waals surface area (Å²) in [6.07, 6.45) is 0.927. The number of hydrogen-bond donors (Lipinski definition) is 1. The highest BCUT2D eigenvalue weighted by atomic mass is 16.5. The normalized spacial score (nSPS) is 14.1. The Morgan fingerprint density at radius 3 is 2.69 bits per heavy atom. The molecule has 1 aromatic rings. The third kappa shape index (κ3) is 4.28. The zero-order valence-electron chi connectivity index (χ0n) is 10.7. The maximum absolute atomic E-state index is 5.37. The second-order valence-electron chi connectivity index (χ2n) is 4.69. The minimum Gasteiger partial charge on any atom is -0.379 e.